The summed E-state index contributed by atoms with van der Waals surface area (Å²) >= 11 is 0. The summed E-state index contributed by atoms with van der Waals surface area (Å²) in [5.74, 6) is 0.332. The van der Waals surface area contributed by atoms with E-state index in [0.29, 0.717) is 30.2 Å². The molecule has 4 rings (SSSR count). The first kappa shape index (κ1) is 10.3. The zero-order valence-electron chi connectivity index (χ0n) is 10.1. The summed E-state index contributed by atoms with van der Waals surface area (Å²) in [6.07, 6.45) is 7.70. The third kappa shape index (κ3) is 1.69. The van der Waals surface area contributed by atoms with Crippen molar-refractivity contribution in [1.29, 1.82) is 0 Å². The average Bonchev–Trinajstić information content (AvgIpc) is 2.73. The van der Waals surface area contributed by atoms with Crippen LogP contribution in [0.25, 0.3) is 0 Å². The van der Waals surface area contributed by atoms with Gasteiger partial charge in [-0.05, 0) is 38.5 Å². The van der Waals surface area contributed by atoms with E-state index < -0.39 is 0 Å². The summed E-state index contributed by atoms with van der Waals surface area (Å²) in [5.41, 5.74) is 0. The molecule has 4 nitrogen and oxygen atoms in total. The quantitative estimate of drug-likeness (QED) is 0.782. The molecule has 0 aromatic heterocycles. The molecule has 0 aromatic carbocycles. The van der Waals surface area contributed by atoms with Crippen molar-refractivity contribution in [3.63, 3.8) is 0 Å². The van der Waals surface area contributed by atoms with E-state index in [4.69, 9.17) is 4.74 Å². The smallest absolute Gasteiger partial charge is 0.240 e. The minimum Gasteiger partial charge on any atom is -0.373 e. The molecule has 1 amide bonds. The summed E-state index contributed by atoms with van der Waals surface area (Å²) in [5, 5.41) is 3.47. The van der Waals surface area contributed by atoms with E-state index in [0.717, 1.165) is 25.8 Å². The third-order valence-electron chi connectivity index (χ3n) is 4.73. The number of fused-ring (bicyclic) bond motifs is 2. The van der Waals surface area contributed by atoms with Crippen LogP contribution in [0.4, 0.5) is 0 Å². The minimum absolute atomic E-state index is 0.0987. The van der Waals surface area contributed by atoms with Crippen LogP contribution < -0.4 is 5.32 Å². The second-order valence-electron chi connectivity index (χ2n) is 5.99. The lowest BCUT2D eigenvalue weighted by molar-refractivity contribution is -0.132. The number of rotatable bonds is 3. The zero-order valence-corrected chi connectivity index (χ0v) is 10.1. The van der Waals surface area contributed by atoms with Crippen LogP contribution in [0.5, 0.6) is 0 Å². The molecule has 4 unspecified atom stereocenters. The highest BCUT2D eigenvalue weighted by molar-refractivity contribution is 5.84. The van der Waals surface area contributed by atoms with E-state index in [1.54, 1.807) is 0 Å². The van der Waals surface area contributed by atoms with E-state index in [1.807, 2.05) is 0 Å². The number of carbonyl (C=O) groups excluding carboxylic acids is 1. The van der Waals surface area contributed by atoms with Crippen molar-refractivity contribution < 1.29 is 9.53 Å². The van der Waals surface area contributed by atoms with Gasteiger partial charge in [-0.3, -0.25) is 4.79 Å². The molecular formula is C13H20N2O2. The van der Waals surface area contributed by atoms with Gasteiger partial charge in [-0.1, -0.05) is 0 Å². The van der Waals surface area contributed by atoms with E-state index in [9.17, 15) is 4.79 Å². The van der Waals surface area contributed by atoms with Crippen LogP contribution in [0.1, 0.15) is 38.5 Å². The highest BCUT2D eigenvalue weighted by Gasteiger charge is 2.48. The van der Waals surface area contributed by atoms with Crippen LogP contribution in [0.3, 0.4) is 0 Å². The number of amides is 1. The molecule has 3 heterocycles. The Bertz CT molecular complexity index is 342. The molecule has 4 heteroatoms. The lowest BCUT2D eigenvalue weighted by atomic mass is 9.94. The molecule has 94 valence electrons. The maximum atomic E-state index is 12.3. The molecule has 0 aromatic rings. The van der Waals surface area contributed by atoms with Gasteiger partial charge in [0.05, 0.1) is 24.3 Å². The topological polar surface area (TPSA) is 41.6 Å². The fourth-order valence-electron chi connectivity index (χ4n) is 3.66. The van der Waals surface area contributed by atoms with Crippen LogP contribution in [0, 0.1) is 0 Å². The zero-order chi connectivity index (χ0) is 11.4. The molecule has 1 aliphatic carbocycles. The van der Waals surface area contributed by atoms with Gasteiger partial charge < -0.3 is 15.0 Å². The Morgan fingerprint density at radius 2 is 2.06 bits per heavy atom. The molecule has 3 saturated heterocycles. The van der Waals surface area contributed by atoms with E-state index in [1.165, 1.54) is 19.3 Å². The largest absolute Gasteiger partial charge is 0.373 e. The van der Waals surface area contributed by atoms with Gasteiger partial charge in [-0.15, -0.1) is 0 Å². The Labute approximate surface area is 102 Å². The van der Waals surface area contributed by atoms with Crippen LogP contribution in [-0.2, 0) is 9.53 Å². The fourth-order valence-corrected chi connectivity index (χ4v) is 3.66. The van der Waals surface area contributed by atoms with Gasteiger partial charge in [-0.25, -0.2) is 0 Å². The summed E-state index contributed by atoms with van der Waals surface area (Å²) in [4.78, 5) is 14.4. The van der Waals surface area contributed by atoms with Gasteiger partial charge in [0.15, 0.2) is 0 Å². The SMILES string of the molecule is O=C1C(NC2CC2)CCN1C1CC2CCC1O2. The molecule has 4 aliphatic rings. The molecule has 4 atom stereocenters. The van der Waals surface area contributed by atoms with E-state index in [-0.39, 0.29) is 6.04 Å². The Morgan fingerprint density at radius 3 is 2.71 bits per heavy atom. The first-order valence-electron chi connectivity index (χ1n) is 7.03. The van der Waals surface area contributed by atoms with Gasteiger partial charge in [0.25, 0.3) is 0 Å². The molecular weight excluding hydrogens is 216 g/mol. The molecule has 1 N–H and O–H groups in total. The number of nitrogens with one attached hydrogen (secondary N) is 1. The van der Waals surface area contributed by atoms with Crippen molar-refractivity contribution in [3.8, 4) is 0 Å². The Balaban J connectivity index is 1.43. The number of carbonyl (C=O) groups is 1. The number of likely N-dealkylation sites (tertiary alicyclic amines) is 1. The molecule has 0 radical (unpaired) electrons. The van der Waals surface area contributed by atoms with Crippen LogP contribution in [0.2, 0.25) is 0 Å². The van der Waals surface area contributed by atoms with E-state index in [2.05, 4.69) is 10.2 Å². The lowest BCUT2D eigenvalue weighted by Gasteiger charge is -2.29. The minimum atomic E-state index is 0.0987. The van der Waals surface area contributed by atoms with Crippen molar-refractivity contribution in [2.24, 2.45) is 0 Å². The van der Waals surface area contributed by atoms with Crippen LogP contribution in [-0.4, -0.2) is 47.7 Å². The second-order valence-corrected chi connectivity index (χ2v) is 5.99. The molecule has 17 heavy (non-hydrogen) atoms. The second kappa shape index (κ2) is 3.69. The standard InChI is InChI=1S/C13H20N2O2/c16-13-10(14-8-1-2-8)5-6-15(13)11-7-9-3-4-12(11)17-9/h8-12,14H,1-7H2. The Hall–Kier alpha value is -0.610. The first-order valence-corrected chi connectivity index (χ1v) is 7.03. The summed E-state index contributed by atoms with van der Waals surface area (Å²) in [6.45, 7) is 0.931. The highest BCUT2D eigenvalue weighted by Crippen LogP contribution is 2.38. The highest BCUT2D eigenvalue weighted by atomic mass is 16.5. The summed E-state index contributed by atoms with van der Waals surface area (Å²) in [7, 11) is 0. The summed E-state index contributed by atoms with van der Waals surface area (Å²) in [6, 6.07) is 1.11. The Kier molecular flexibility index (Phi) is 2.24. The predicted molar refractivity (Wildman–Crippen MR) is 62.6 cm³/mol. The number of hydrogen-bond donors (Lipinski definition) is 1. The van der Waals surface area contributed by atoms with Gasteiger partial charge in [0.2, 0.25) is 5.91 Å². The molecule has 4 fully saturated rings. The van der Waals surface area contributed by atoms with Crippen molar-refractivity contribution in [2.75, 3.05) is 6.54 Å². The number of hydrogen-bond acceptors (Lipinski definition) is 3. The van der Waals surface area contributed by atoms with Crippen molar-refractivity contribution in [2.45, 2.75) is 68.9 Å². The third-order valence-corrected chi connectivity index (χ3v) is 4.73. The van der Waals surface area contributed by atoms with Gasteiger partial charge in [0.1, 0.15) is 0 Å². The first-order chi connectivity index (χ1) is 8.31. The maximum Gasteiger partial charge on any atom is 0.240 e. The van der Waals surface area contributed by atoms with Gasteiger partial charge in [-0.2, -0.15) is 0 Å². The molecule has 1 saturated carbocycles. The molecule has 0 spiro atoms. The molecule has 3 aliphatic heterocycles. The maximum absolute atomic E-state index is 12.3. The monoisotopic (exact) mass is 236 g/mol. The van der Waals surface area contributed by atoms with Gasteiger partial charge in [0, 0.05) is 12.6 Å². The van der Waals surface area contributed by atoms with Crippen molar-refractivity contribution >= 4 is 5.91 Å². The fraction of sp³-hybridized carbons (Fsp3) is 0.923. The lowest BCUT2D eigenvalue weighted by Crippen LogP contribution is -2.46. The van der Waals surface area contributed by atoms with Crippen molar-refractivity contribution in [3.05, 3.63) is 0 Å². The van der Waals surface area contributed by atoms with Gasteiger partial charge >= 0.3 is 0 Å². The molecule has 2 bridgehead atoms. The predicted octanol–water partition coefficient (Wildman–Crippen LogP) is 0.659. The normalized spacial score (nSPS) is 44.9. The number of ether oxygens (including phenoxy) is 1. The van der Waals surface area contributed by atoms with Crippen LogP contribution >= 0.6 is 0 Å². The van der Waals surface area contributed by atoms with Crippen molar-refractivity contribution in [1.82, 2.24) is 10.2 Å². The van der Waals surface area contributed by atoms with Crippen LogP contribution in [0.15, 0.2) is 0 Å². The Morgan fingerprint density at radius 1 is 1.18 bits per heavy atom. The van der Waals surface area contributed by atoms with E-state index >= 15 is 0 Å². The number of nitrogens with zero attached hydrogens (tertiary/aromatic N) is 1. The summed E-state index contributed by atoms with van der Waals surface area (Å²) < 4.78 is 5.86. The average molecular weight is 236 g/mol.